The smallest absolute Gasteiger partial charge is 0.120 e. The zero-order chi connectivity index (χ0) is 15.5. The minimum Gasteiger partial charge on any atom is -0.494 e. The molecule has 0 amide bonds. The van der Waals surface area contributed by atoms with Gasteiger partial charge in [-0.05, 0) is 44.7 Å². The van der Waals surface area contributed by atoms with Gasteiger partial charge < -0.3 is 14.5 Å². The van der Waals surface area contributed by atoms with E-state index in [0.717, 1.165) is 49.7 Å². The number of hydrogen-bond donors (Lipinski definition) is 0. The predicted molar refractivity (Wildman–Crippen MR) is 92.0 cm³/mol. The molecule has 4 nitrogen and oxygen atoms in total. The van der Waals surface area contributed by atoms with Gasteiger partial charge in [-0.2, -0.15) is 0 Å². The highest BCUT2D eigenvalue weighted by Crippen LogP contribution is 2.30. The Balaban J connectivity index is 1.98. The lowest BCUT2D eigenvalue weighted by Gasteiger charge is -2.36. The van der Waals surface area contributed by atoms with Crippen LogP contribution >= 0.6 is 0 Å². The van der Waals surface area contributed by atoms with Crippen molar-refractivity contribution in [2.45, 2.75) is 20.8 Å². The van der Waals surface area contributed by atoms with E-state index in [2.05, 4.69) is 46.8 Å². The minimum atomic E-state index is 0.690. The maximum atomic E-state index is 5.67. The molecule has 0 unspecified atom stereocenters. The molecule has 2 aromatic rings. The van der Waals surface area contributed by atoms with Gasteiger partial charge in [-0.25, -0.2) is 0 Å². The van der Waals surface area contributed by atoms with Crippen molar-refractivity contribution in [2.24, 2.45) is 0 Å². The average molecular weight is 299 g/mol. The monoisotopic (exact) mass is 299 g/mol. The van der Waals surface area contributed by atoms with Crippen molar-refractivity contribution < 1.29 is 4.74 Å². The van der Waals surface area contributed by atoms with Crippen LogP contribution in [0.2, 0.25) is 0 Å². The molecular formula is C18H25N3O. The van der Waals surface area contributed by atoms with Crippen molar-refractivity contribution in [1.29, 1.82) is 0 Å². The Morgan fingerprint density at radius 1 is 1.09 bits per heavy atom. The van der Waals surface area contributed by atoms with Crippen molar-refractivity contribution >= 4 is 16.6 Å². The maximum Gasteiger partial charge on any atom is 0.120 e. The second-order valence-corrected chi connectivity index (χ2v) is 5.82. The van der Waals surface area contributed by atoms with Crippen LogP contribution < -0.4 is 9.64 Å². The molecule has 1 fully saturated rings. The fourth-order valence-electron chi connectivity index (χ4n) is 3.14. The molecule has 1 saturated heterocycles. The van der Waals surface area contributed by atoms with Gasteiger partial charge in [0.2, 0.25) is 0 Å². The minimum absolute atomic E-state index is 0.690. The Kier molecular flexibility index (Phi) is 4.48. The van der Waals surface area contributed by atoms with E-state index < -0.39 is 0 Å². The van der Waals surface area contributed by atoms with Crippen molar-refractivity contribution in [3.63, 3.8) is 0 Å². The first-order valence-corrected chi connectivity index (χ1v) is 8.22. The molecule has 0 atom stereocenters. The number of pyridine rings is 1. The molecule has 1 aliphatic heterocycles. The Bertz CT molecular complexity index is 648. The van der Waals surface area contributed by atoms with Crippen molar-refractivity contribution in [3.8, 4) is 5.75 Å². The van der Waals surface area contributed by atoms with E-state index in [1.54, 1.807) is 0 Å². The third-order valence-electron chi connectivity index (χ3n) is 4.36. The second kappa shape index (κ2) is 6.53. The predicted octanol–water partition coefficient (Wildman–Crippen LogP) is 3.08. The Hall–Kier alpha value is -1.81. The van der Waals surface area contributed by atoms with Crippen LogP contribution in [-0.4, -0.2) is 49.2 Å². The standard InChI is InChI=1S/C18H25N3O/c1-4-20-8-10-21(11-9-20)18-12-14(3)19-17-7-6-15(22-5-2)13-16(17)18/h6-7,12-13H,4-5,8-11H2,1-3H3. The van der Waals surface area contributed by atoms with Gasteiger partial charge in [-0.1, -0.05) is 6.92 Å². The largest absolute Gasteiger partial charge is 0.494 e. The summed E-state index contributed by atoms with van der Waals surface area (Å²) in [5.74, 6) is 0.925. The number of piperazine rings is 1. The molecule has 0 aliphatic carbocycles. The molecule has 1 aromatic heterocycles. The molecule has 0 bridgehead atoms. The van der Waals surface area contributed by atoms with Gasteiger partial charge in [0.25, 0.3) is 0 Å². The van der Waals surface area contributed by atoms with E-state index in [-0.39, 0.29) is 0 Å². The lowest BCUT2D eigenvalue weighted by atomic mass is 10.1. The highest BCUT2D eigenvalue weighted by molar-refractivity contribution is 5.93. The fourth-order valence-corrected chi connectivity index (χ4v) is 3.14. The summed E-state index contributed by atoms with van der Waals surface area (Å²) in [6.45, 7) is 12.6. The van der Waals surface area contributed by atoms with Crippen LogP contribution in [0.3, 0.4) is 0 Å². The van der Waals surface area contributed by atoms with Gasteiger partial charge in [0, 0.05) is 42.9 Å². The molecule has 1 aromatic carbocycles. The van der Waals surface area contributed by atoms with Gasteiger partial charge in [-0.3, -0.25) is 4.98 Å². The van der Waals surface area contributed by atoms with Crippen LogP contribution in [0.25, 0.3) is 10.9 Å². The number of ether oxygens (including phenoxy) is 1. The number of benzene rings is 1. The fraction of sp³-hybridized carbons (Fsp3) is 0.500. The number of nitrogens with zero attached hydrogens (tertiary/aromatic N) is 3. The number of likely N-dealkylation sites (N-methyl/N-ethyl adjacent to an activating group) is 1. The first-order valence-electron chi connectivity index (χ1n) is 8.22. The molecule has 0 radical (unpaired) electrons. The summed E-state index contributed by atoms with van der Waals surface area (Å²) in [5.41, 5.74) is 3.42. The topological polar surface area (TPSA) is 28.6 Å². The first kappa shape index (κ1) is 15.1. The average Bonchev–Trinajstić information content (AvgIpc) is 2.55. The number of fused-ring (bicyclic) bond motifs is 1. The summed E-state index contributed by atoms with van der Waals surface area (Å²) in [6.07, 6.45) is 0. The molecule has 4 heteroatoms. The highest BCUT2D eigenvalue weighted by Gasteiger charge is 2.18. The third-order valence-corrected chi connectivity index (χ3v) is 4.36. The van der Waals surface area contributed by atoms with Crippen molar-refractivity contribution in [3.05, 3.63) is 30.0 Å². The molecular weight excluding hydrogens is 274 g/mol. The van der Waals surface area contributed by atoms with Gasteiger partial charge in [0.1, 0.15) is 5.75 Å². The van der Waals surface area contributed by atoms with Crippen LogP contribution in [-0.2, 0) is 0 Å². The summed E-state index contributed by atoms with van der Waals surface area (Å²) in [5, 5.41) is 1.20. The summed E-state index contributed by atoms with van der Waals surface area (Å²) >= 11 is 0. The molecule has 0 saturated carbocycles. The number of aromatic nitrogens is 1. The van der Waals surface area contributed by atoms with E-state index in [4.69, 9.17) is 4.74 Å². The molecule has 1 aliphatic rings. The van der Waals surface area contributed by atoms with Crippen LogP contribution in [0.4, 0.5) is 5.69 Å². The molecule has 118 valence electrons. The Labute approximate surface area is 132 Å². The Morgan fingerprint density at radius 3 is 2.55 bits per heavy atom. The van der Waals surface area contributed by atoms with Gasteiger partial charge >= 0.3 is 0 Å². The number of anilines is 1. The third kappa shape index (κ3) is 3.02. The maximum absolute atomic E-state index is 5.67. The normalized spacial score (nSPS) is 16.2. The van der Waals surface area contributed by atoms with Crippen LogP contribution in [0, 0.1) is 6.92 Å². The van der Waals surface area contributed by atoms with E-state index in [1.807, 2.05) is 13.0 Å². The van der Waals surface area contributed by atoms with Gasteiger partial charge in [0.15, 0.2) is 0 Å². The highest BCUT2D eigenvalue weighted by atomic mass is 16.5. The van der Waals surface area contributed by atoms with Crippen LogP contribution in [0.1, 0.15) is 19.5 Å². The number of aryl methyl sites for hydroxylation is 1. The van der Waals surface area contributed by atoms with E-state index in [9.17, 15) is 0 Å². The summed E-state index contributed by atoms with van der Waals surface area (Å²) in [4.78, 5) is 9.65. The van der Waals surface area contributed by atoms with E-state index >= 15 is 0 Å². The lowest BCUT2D eigenvalue weighted by molar-refractivity contribution is 0.271. The number of hydrogen-bond acceptors (Lipinski definition) is 4. The zero-order valence-electron chi connectivity index (χ0n) is 13.8. The molecule has 22 heavy (non-hydrogen) atoms. The summed E-state index contributed by atoms with van der Waals surface area (Å²) < 4.78 is 5.67. The van der Waals surface area contributed by atoms with E-state index in [1.165, 1.54) is 11.1 Å². The lowest BCUT2D eigenvalue weighted by Crippen LogP contribution is -2.46. The molecule has 0 spiro atoms. The first-order chi connectivity index (χ1) is 10.7. The summed E-state index contributed by atoms with van der Waals surface area (Å²) in [7, 11) is 0. The van der Waals surface area contributed by atoms with Crippen molar-refractivity contribution in [2.75, 3.05) is 44.2 Å². The molecule has 2 heterocycles. The van der Waals surface area contributed by atoms with Crippen LogP contribution in [0.15, 0.2) is 24.3 Å². The molecule has 0 N–H and O–H groups in total. The quantitative estimate of drug-likeness (QED) is 0.867. The number of rotatable bonds is 4. The van der Waals surface area contributed by atoms with E-state index in [0.29, 0.717) is 6.61 Å². The van der Waals surface area contributed by atoms with Crippen molar-refractivity contribution in [1.82, 2.24) is 9.88 Å². The SMILES string of the molecule is CCOc1ccc2nc(C)cc(N3CCN(CC)CC3)c2c1. The van der Waals surface area contributed by atoms with Gasteiger partial charge in [-0.15, -0.1) is 0 Å². The zero-order valence-corrected chi connectivity index (χ0v) is 13.8. The summed E-state index contributed by atoms with van der Waals surface area (Å²) in [6, 6.07) is 8.42. The Morgan fingerprint density at radius 2 is 1.86 bits per heavy atom. The molecule has 3 rings (SSSR count). The second-order valence-electron chi connectivity index (χ2n) is 5.82. The van der Waals surface area contributed by atoms with Crippen LogP contribution in [0.5, 0.6) is 5.75 Å². The van der Waals surface area contributed by atoms with Gasteiger partial charge in [0.05, 0.1) is 12.1 Å².